The van der Waals surface area contributed by atoms with E-state index in [4.69, 9.17) is 27.6 Å². The Morgan fingerprint density at radius 2 is 1.85 bits per heavy atom. The first kappa shape index (κ1) is 22.7. The summed E-state index contributed by atoms with van der Waals surface area (Å²) in [7, 11) is 0. The molecule has 8 heteroatoms. The van der Waals surface area contributed by atoms with Gasteiger partial charge in [0.05, 0.1) is 16.3 Å². The number of carbonyl (C=O) groups is 2. The lowest BCUT2D eigenvalue weighted by Gasteiger charge is -2.28. The van der Waals surface area contributed by atoms with Gasteiger partial charge in [-0.15, -0.1) is 0 Å². The SMILES string of the molecule is Cc1c(C(=O)N2CCc3ccccc3C2)oc2c1/C(=N/NC(=O)c1ccc(Cl)cc1Cl)CCC2. The molecule has 0 spiro atoms. The van der Waals surface area contributed by atoms with E-state index in [1.165, 1.54) is 17.2 Å². The van der Waals surface area contributed by atoms with Crippen LogP contribution in [0.25, 0.3) is 0 Å². The lowest BCUT2D eigenvalue weighted by atomic mass is 9.93. The third-order valence-corrected chi connectivity index (χ3v) is 6.95. The van der Waals surface area contributed by atoms with Gasteiger partial charge in [-0.2, -0.15) is 5.10 Å². The fraction of sp³-hybridized carbons (Fsp3) is 0.269. The van der Waals surface area contributed by atoms with Crippen LogP contribution in [-0.4, -0.2) is 29.0 Å². The Kier molecular flexibility index (Phi) is 6.19. The summed E-state index contributed by atoms with van der Waals surface area (Å²) in [4.78, 5) is 27.8. The quantitative estimate of drug-likeness (QED) is 0.483. The zero-order valence-corrected chi connectivity index (χ0v) is 20.2. The fourth-order valence-electron chi connectivity index (χ4n) is 4.65. The van der Waals surface area contributed by atoms with E-state index in [0.717, 1.165) is 36.1 Å². The molecule has 0 saturated carbocycles. The molecule has 34 heavy (non-hydrogen) atoms. The second-order valence-corrected chi connectivity index (χ2v) is 9.42. The van der Waals surface area contributed by atoms with Crippen molar-refractivity contribution in [2.24, 2.45) is 5.10 Å². The van der Waals surface area contributed by atoms with Crippen molar-refractivity contribution in [3.05, 3.63) is 91.8 Å². The van der Waals surface area contributed by atoms with Crippen LogP contribution in [0.1, 0.15) is 61.8 Å². The second kappa shape index (κ2) is 9.28. The van der Waals surface area contributed by atoms with Gasteiger partial charge in [-0.05, 0) is 55.5 Å². The van der Waals surface area contributed by atoms with Crippen LogP contribution in [0, 0.1) is 6.92 Å². The molecule has 1 aliphatic carbocycles. The zero-order valence-electron chi connectivity index (χ0n) is 18.7. The van der Waals surface area contributed by atoms with Gasteiger partial charge < -0.3 is 9.32 Å². The van der Waals surface area contributed by atoms with Gasteiger partial charge in [-0.25, -0.2) is 5.43 Å². The number of nitrogens with zero attached hydrogens (tertiary/aromatic N) is 2. The Bertz CT molecular complexity index is 1330. The van der Waals surface area contributed by atoms with E-state index in [1.807, 2.05) is 24.0 Å². The molecule has 174 valence electrons. The maximum Gasteiger partial charge on any atom is 0.290 e. The molecule has 2 aliphatic rings. The van der Waals surface area contributed by atoms with Crippen molar-refractivity contribution < 1.29 is 14.0 Å². The molecule has 0 saturated heterocycles. The van der Waals surface area contributed by atoms with E-state index in [0.29, 0.717) is 36.0 Å². The van der Waals surface area contributed by atoms with Crippen molar-refractivity contribution in [2.75, 3.05) is 6.54 Å². The molecule has 2 amide bonds. The maximum atomic E-state index is 13.4. The number of benzene rings is 2. The summed E-state index contributed by atoms with van der Waals surface area (Å²) in [6.45, 7) is 3.10. The van der Waals surface area contributed by atoms with Crippen molar-refractivity contribution >= 4 is 40.7 Å². The molecular weight excluding hydrogens is 473 g/mol. The fourth-order valence-corrected chi connectivity index (χ4v) is 5.14. The highest BCUT2D eigenvalue weighted by molar-refractivity contribution is 6.36. The molecule has 1 N–H and O–H groups in total. The summed E-state index contributed by atoms with van der Waals surface area (Å²) in [5.74, 6) is 0.552. The average Bonchev–Trinajstić information content (AvgIpc) is 3.18. The first-order valence-electron chi connectivity index (χ1n) is 11.2. The summed E-state index contributed by atoms with van der Waals surface area (Å²) in [6.07, 6.45) is 3.05. The summed E-state index contributed by atoms with van der Waals surface area (Å²) in [5.41, 5.74) is 7.61. The minimum Gasteiger partial charge on any atom is -0.455 e. The highest BCUT2D eigenvalue weighted by Crippen LogP contribution is 2.31. The third-order valence-electron chi connectivity index (χ3n) is 6.41. The van der Waals surface area contributed by atoms with Crippen molar-refractivity contribution in [1.82, 2.24) is 10.3 Å². The minimum absolute atomic E-state index is 0.113. The lowest BCUT2D eigenvalue weighted by molar-refractivity contribution is 0.0699. The Morgan fingerprint density at radius 1 is 1.06 bits per heavy atom. The van der Waals surface area contributed by atoms with Gasteiger partial charge in [0.1, 0.15) is 5.76 Å². The number of fused-ring (bicyclic) bond motifs is 2. The van der Waals surface area contributed by atoms with E-state index in [2.05, 4.69) is 22.7 Å². The van der Waals surface area contributed by atoms with Crippen LogP contribution in [0.5, 0.6) is 0 Å². The van der Waals surface area contributed by atoms with E-state index in [9.17, 15) is 9.59 Å². The Morgan fingerprint density at radius 3 is 2.65 bits per heavy atom. The van der Waals surface area contributed by atoms with Gasteiger partial charge in [0.15, 0.2) is 5.76 Å². The second-order valence-electron chi connectivity index (χ2n) is 8.58. The monoisotopic (exact) mass is 495 g/mol. The standard InChI is InChI=1S/C26H23Cl2N3O3/c1-15-23-21(29-30-25(32)19-10-9-18(27)13-20(19)28)7-4-8-22(23)34-24(15)26(33)31-12-11-16-5-2-3-6-17(16)14-31/h2-3,5-6,9-10,13H,4,7-8,11-12,14H2,1H3,(H,30,32)/b29-21+. The predicted octanol–water partition coefficient (Wildman–Crippen LogP) is 5.56. The first-order valence-corrected chi connectivity index (χ1v) is 12.0. The molecule has 1 aliphatic heterocycles. The number of rotatable bonds is 3. The molecule has 3 aromatic rings. The molecule has 0 radical (unpaired) electrons. The maximum absolute atomic E-state index is 13.4. The molecule has 6 nitrogen and oxygen atoms in total. The highest BCUT2D eigenvalue weighted by Gasteiger charge is 2.31. The molecule has 2 aromatic carbocycles. The van der Waals surface area contributed by atoms with Crippen LogP contribution >= 0.6 is 23.2 Å². The predicted molar refractivity (Wildman–Crippen MR) is 132 cm³/mol. The summed E-state index contributed by atoms with van der Waals surface area (Å²) < 4.78 is 6.07. The minimum atomic E-state index is -0.425. The summed E-state index contributed by atoms with van der Waals surface area (Å²) >= 11 is 12.1. The van der Waals surface area contributed by atoms with Gasteiger partial charge in [0, 0.05) is 35.7 Å². The molecule has 2 heterocycles. The van der Waals surface area contributed by atoms with Crippen molar-refractivity contribution in [2.45, 2.75) is 39.2 Å². The Hall–Kier alpha value is -3.09. The largest absolute Gasteiger partial charge is 0.455 e. The molecule has 0 bridgehead atoms. The van der Waals surface area contributed by atoms with Crippen LogP contribution in [-0.2, 0) is 19.4 Å². The molecule has 1 aromatic heterocycles. The topological polar surface area (TPSA) is 74.9 Å². The van der Waals surface area contributed by atoms with Crippen molar-refractivity contribution in [3.63, 3.8) is 0 Å². The number of halogens is 2. The summed E-state index contributed by atoms with van der Waals surface area (Å²) in [6, 6.07) is 12.9. The number of hydrogen-bond acceptors (Lipinski definition) is 4. The van der Waals surface area contributed by atoms with E-state index in [1.54, 1.807) is 12.1 Å². The first-order chi connectivity index (χ1) is 16.4. The van der Waals surface area contributed by atoms with E-state index in [-0.39, 0.29) is 16.5 Å². The Labute approximate surface area is 207 Å². The van der Waals surface area contributed by atoms with Crippen molar-refractivity contribution in [1.29, 1.82) is 0 Å². The van der Waals surface area contributed by atoms with E-state index >= 15 is 0 Å². The number of aryl methyl sites for hydroxylation is 1. The number of nitrogens with one attached hydrogen (secondary N) is 1. The molecule has 0 unspecified atom stereocenters. The third kappa shape index (κ3) is 4.24. The molecule has 0 atom stereocenters. The van der Waals surface area contributed by atoms with Crippen LogP contribution in [0.15, 0.2) is 52.0 Å². The molecule has 0 fully saturated rings. The highest BCUT2D eigenvalue weighted by atomic mass is 35.5. The van der Waals surface area contributed by atoms with Crippen LogP contribution in [0.4, 0.5) is 0 Å². The number of amides is 2. The number of hydrogen-bond donors (Lipinski definition) is 1. The van der Waals surface area contributed by atoms with Crippen molar-refractivity contribution in [3.8, 4) is 0 Å². The normalized spacial score (nSPS) is 16.2. The number of hydrazone groups is 1. The van der Waals surface area contributed by atoms with Crippen LogP contribution in [0.3, 0.4) is 0 Å². The average molecular weight is 496 g/mol. The van der Waals surface area contributed by atoms with Gasteiger partial charge >= 0.3 is 0 Å². The number of furan rings is 1. The lowest BCUT2D eigenvalue weighted by Crippen LogP contribution is -2.36. The zero-order chi connectivity index (χ0) is 23.8. The van der Waals surface area contributed by atoms with Gasteiger partial charge in [-0.1, -0.05) is 47.5 Å². The number of carbonyl (C=O) groups excluding carboxylic acids is 2. The summed E-state index contributed by atoms with van der Waals surface area (Å²) in [5, 5.41) is 5.09. The van der Waals surface area contributed by atoms with Crippen LogP contribution < -0.4 is 5.43 Å². The van der Waals surface area contributed by atoms with Gasteiger partial charge in [0.25, 0.3) is 11.8 Å². The van der Waals surface area contributed by atoms with E-state index < -0.39 is 5.91 Å². The van der Waals surface area contributed by atoms with Crippen LogP contribution in [0.2, 0.25) is 10.0 Å². The molecule has 5 rings (SSSR count). The Balaban J connectivity index is 1.38. The smallest absolute Gasteiger partial charge is 0.290 e. The van der Waals surface area contributed by atoms with Gasteiger partial charge in [0.2, 0.25) is 0 Å². The molecular formula is C26H23Cl2N3O3. The van der Waals surface area contributed by atoms with Gasteiger partial charge in [-0.3, -0.25) is 9.59 Å².